The molecular formula is C20H21FN2O5S. The third-order valence-electron chi connectivity index (χ3n) is 4.73. The standard InChI is InChI=1S/C20H21FN2O5S/c1-15-4-2-3-5-18(15)20(25)28-14-19(24)22-10-12-23(13-11-22)29(26,27)17-8-6-16(21)7-9-17/h2-9H,10-14H2,1H3. The number of carbonyl (C=O) groups excluding carboxylic acids is 2. The number of benzene rings is 2. The van der Waals surface area contributed by atoms with Gasteiger partial charge in [0, 0.05) is 26.2 Å². The maximum atomic E-state index is 13.0. The third kappa shape index (κ3) is 4.80. The molecule has 0 spiro atoms. The highest BCUT2D eigenvalue weighted by atomic mass is 32.2. The van der Waals surface area contributed by atoms with E-state index in [-0.39, 0.29) is 37.0 Å². The lowest BCUT2D eigenvalue weighted by Crippen LogP contribution is -2.51. The summed E-state index contributed by atoms with van der Waals surface area (Å²) in [6, 6.07) is 11.5. The molecule has 9 heteroatoms. The fourth-order valence-corrected chi connectivity index (χ4v) is 4.45. The number of piperazine rings is 1. The van der Waals surface area contributed by atoms with Crippen LogP contribution in [-0.4, -0.2) is 62.3 Å². The van der Waals surface area contributed by atoms with Crippen molar-refractivity contribution in [2.75, 3.05) is 32.8 Å². The first-order valence-corrected chi connectivity index (χ1v) is 10.5. The molecule has 0 N–H and O–H groups in total. The van der Waals surface area contributed by atoms with Crippen LogP contribution in [-0.2, 0) is 19.6 Å². The molecule has 2 aromatic rings. The lowest BCUT2D eigenvalue weighted by molar-refractivity contribution is -0.135. The predicted molar refractivity (Wildman–Crippen MR) is 103 cm³/mol. The fraction of sp³-hybridized carbons (Fsp3) is 0.300. The van der Waals surface area contributed by atoms with Crippen molar-refractivity contribution in [1.82, 2.24) is 9.21 Å². The van der Waals surface area contributed by atoms with E-state index in [1.165, 1.54) is 21.3 Å². The molecule has 1 amide bonds. The highest BCUT2D eigenvalue weighted by Crippen LogP contribution is 2.18. The summed E-state index contributed by atoms with van der Waals surface area (Å²) in [5, 5.41) is 0. The van der Waals surface area contributed by atoms with Crippen LogP contribution >= 0.6 is 0 Å². The molecule has 0 radical (unpaired) electrons. The Balaban J connectivity index is 1.53. The van der Waals surface area contributed by atoms with Gasteiger partial charge in [-0.3, -0.25) is 4.79 Å². The number of carbonyl (C=O) groups is 2. The molecule has 1 aliphatic heterocycles. The normalized spacial score (nSPS) is 15.2. The van der Waals surface area contributed by atoms with Crippen molar-refractivity contribution in [2.24, 2.45) is 0 Å². The van der Waals surface area contributed by atoms with Gasteiger partial charge in [-0.25, -0.2) is 17.6 Å². The number of nitrogens with zero attached hydrogens (tertiary/aromatic N) is 2. The Kier molecular flexibility index (Phi) is 6.29. The number of hydrogen-bond acceptors (Lipinski definition) is 5. The molecule has 0 aromatic heterocycles. The van der Waals surface area contributed by atoms with Gasteiger partial charge in [-0.1, -0.05) is 18.2 Å². The van der Waals surface area contributed by atoms with E-state index >= 15 is 0 Å². The highest BCUT2D eigenvalue weighted by Gasteiger charge is 2.30. The van der Waals surface area contributed by atoms with Crippen molar-refractivity contribution in [2.45, 2.75) is 11.8 Å². The zero-order valence-corrected chi connectivity index (χ0v) is 16.7. The number of sulfonamides is 1. The average Bonchev–Trinajstić information content (AvgIpc) is 2.72. The van der Waals surface area contributed by atoms with Crippen molar-refractivity contribution in [1.29, 1.82) is 0 Å². The number of aryl methyl sites for hydroxylation is 1. The monoisotopic (exact) mass is 420 g/mol. The Morgan fingerprint density at radius 2 is 1.62 bits per heavy atom. The summed E-state index contributed by atoms with van der Waals surface area (Å²) >= 11 is 0. The van der Waals surface area contributed by atoms with E-state index in [9.17, 15) is 22.4 Å². The predicted octanol–water partition coefficient (Wildman–Crippen LogP) is 1.82. The molecule has 1 aliphatic rings. The largest absolute Gasteiger partial charge is 0.452 e. The average molecular weight is 420 g/mol. The Labute approximate surface area is 168 Å². The molecule has 0 bridgehead atoms. The molecule has 0 atom stereocenters. The van der Waals surface area contributed by atoms with Crippen LogP contribution in [0.5, 0.6) is 0 Å². The van der Waals surface area contributed by atoms with Gasteiger partial charge in [0.2, 0.25) is 10.0 Å². The molecule has 1 heterocycles. The third-order valence-corrected chi connectivity index (χ3v) is 6.65. The molecule has 1 fully saturated rings. The van der Waals surface area contributed by atoms with Gasteiger partial charge in [-0.05, 0) is 42.8 Å². The van der Waals surface area contributed by atoms with Crippen LogP contribution in [0.3, 0.4) is 0 Å². The summed E-state index contributed by atoms with van der Waals surface area (Å²) in [6.45, 7) is 1.95. The van der Waals surface area contributed by atoms with E-state index in [1.807, 2.05) is 0 Å². The molecule has 154 valence electrons. The van der Waals surface area contributed by atoms with Crippen molar-refractivity contribution in [3.63, 3.8) is 0 Å². The molecule has 0 saturated carbocycles. The van der Waals surface area contributed by atoms with E-state index in [0.717, 1.165) is 17.7 Å². The first-order valence-electron chi connectivity index (χ1n) is 9.05. The zero-order valence-electron chi connectivity index (χ0n) is 15.9. The quantitative estimate of drug-likeness (QED) is 0.689. The van der Waals surface area contributed by atoms with Crippen LogP contribution in [0.1, 0.15) is 15.9 Å². The highest BCUT2D eigenvalue weighted by molar-refractivity contribution is 7.89. The van der Waals surface area contributed by atoms with E-state index in [2.05, 4.69) is 0 Å². The summed E-state index contributed by atoms with van der Waals surface area (Å²) in [5.41, 5.74) is 1.15. The smallest absolute Gasteiger partial charge is 0.338 e. The van der Waals surface area contributed by atoms with E-state index in [0.29, 0.717) is 5.56 Å². The second-order valence-corrected chi connectivity index (χ2v) is 8.57. The summed E-state index contributed by atoms with van der Waals surface area (Å²) in [7, 11) is -3.75. The molecule has 1 saturated heterocycles. The summed E-state index contributed by atoms with van der Waals surface area (Å²) in [4.78, 5) is 25.9. The number of amides is 1. The van der Waals surface area contributed by atoms with Gasteiger partial charge in [0.15, 0.2) is 6.61 Å². The number of ether oxygens (including phenoxy) is 1. The minimum atomic E-state index is -3.75. The Morgan fingerprint density at radius 3 is 2.24 bits per heavy atom. The van der Waals surface area contributed by atoms with Gasteiger partial charge in [-0.15, -0.1) is 0 Å². The van der Waals surface area contributed by atoms with Gasteiger partial charge >= 0.3 is 5.97 Å². The Morgan fingerprint density at radius 1 is 1.00 bits per heavy atom. The molecule has 29 heavy (non-hydrogen) atoms. The maximum absolute atomic E-state index is 13.0. The van der Waals surface area contributed by atoms with Crippen molar-refractivity contribution in [3.8, 4) is 0 Å². The zero-order chi connectivity index (χ0) is 21.0. The van der Waals surface area contributed by atoms with Crippen LogP contribution in [0.2, 0.25) is 0 Å². The maximum Gasteiger partial charge on any atom is 0.338 e. The van der Waals surface area contributed by atoms with Crippen LogP contribution in [0.15, 0.2) is 53.4 Å². The van der Waals surface area contributed by atoms with Crippen LogP contribution in [0.25, 0.3) is 0 Å². The number of rotatable bonds is 5. The first kappa shape index (κ1) is 20.9. The van der Waals surface area contributed by atoms with E-state index < -0.39 is 28.4 Å². The molecular weight excluding hydrogens is 399 g/mol. The lowest BCUT2D eigenvalue weighted by atomic mass is 10.1. The van der Waals surface area contributed by atoms with Crippen molar-refractivity contribution >= 4 is 21.9 Å². The number of hydrogen-bond donors (Lipinski definition) is 0. The molecule has 0 unspecified atom stereocenters. The molecule has 2 aromatic carbocycles. The first-order chi connectivity index (χ1) is 13.8. The Bertz CT molecular complexity index is 1000. The SMILES string of the molecule is Cc1ccccc1C(=O)OCC(=O)N1CCN(S(=O)(=O)c2ccc(F)cc2)CC1. The summed E-state index contributed by atoms with van der Waals surface area (Å²) in [6.07, 6.45) is 0. The minimum Gasteiger partial charge on any atom is -0.452 e. The second kappa shape index (κ2) is 8.71. The molecule has 0 aliphatic carbocycles. The van der Waals surface area contributed by atoms with E-state index in [1.54, 1.807) is 31.2 Å². The number of esters is 1. The van der Waals surface area contributed by atoms with Gasteiger partial charge in [0.05, 0.1) is 10.5 Å². The minimum absolute atomic E-state index is 0.00541. The van der Waals surface area contributed by atoms with Gasteiger partial charge in [-0.2, -0.15) is 4.31 Å². The molecule has 7 nitrogen and oxygen atoms in total. The van der Waals surface area contributed by atoms with Crippen molar-refractivity contribution < 1.29 is 27.1 Å². The van der Waals surface area contributed by atoms with Crippen LogP contribution < -0.4 is 0 Å². The van der Waals surface area contributed by atoms with Crippen molar-refractivity contribution in [3.05, 3.63) is 65.5 Å². The topological polar surface area (TPSA) is 84.0 Å². The van der Waals surface area contributed by atoms with Gasteiger partial charge in [0.1, 0.15) is 5.82 Å². The Hall–Kier alpha value is -2.78. The molecule has 3 rings (SSSR count). The number of halogens is 1. The van der Waals surface area contributed by atoms with E-state index in [4.69, 9.17) is 4.74 Å². The second-order valence-electron chi connectivity index (χ2n) is 6.63. The lowest BCUT2D eigenvalue weighted by Gasteiger charge is -2.33. The summed E-state index contributed by atoms with van der Waals surface area (Å²) < 4.78 is 44.6. The van der Waals surface area contributed by atoms with Crippen LogP contribution in [0, 0.1) is 12.7 Å². The summed E-state index contributed by atoms with van der Waals surface area (Å²) in [5.74, 6) is -1.47. The van der Waals surface area contributed by atoms with Gasteiger partial charge < -0.3 is 9.64 Å². The fourth-order valence-electron chi connectivity index (χ4n) is 3.03. The van der Waals surface area contributed by atoms with Gasteiger partial charge in [0.25, 0.3) is 5.91 Å². The van der Waals surface area contributed by atoms with Crippen LogP contribution in [0.4, 0.5) is 4.39 Å².